The normalized spacial score (nSPS) is 11.0. The van der Waals surface area contributed by atoms with Crippen LogP contribution in [0.15, 0.2) is 115 Å². The van der Waals surface area contributed by atoms with Crippen molar-refractivity contribution in [2.75, 3.05) is 26.4 Å². The molecule has 5 aromatic rings. The molecule has 0 heterocycles. The molecule has 0 fully saturated rings. The van der Waals surface area contributed by atoms with E-state index in [0.717, 1.165) is 79.2 Å². The Kier molecular flexibility index (Phi) is 15.9. The summed E-state index contributed by atoms with van der Waals surface area (Å²) in [6, 6.07) is 35.5. The average Bonchev–Trinajstić information content (AvgIpc) is 3.21. The number of hydrogen-bond acceptors (Lipinski definition) is 8. The van der Waals surface area contributed by atoms with Crippen LogP contribution in [-0.4, -0.2) is 48.6 Å². The molecule has 2 N–H and O–H groups in total. The van der Waals surface area contributed by atoms with Gasteiger partial charge in [-0.3, -0.25) is 0 Å². The molecule has 0 saturated carbocycles. The zero-order chi connectivity index (χ0) is 38.8. The van der Waals surface area contributed by atoms with E-state index in [0.29, 0.717) is 47.3 Å². The SMILES string of the molecule is CC(C)c1cc(-c2ccc(-c3ccc(OC(=O)c4ccc(OCCCCCCO)cc4)cc3)cc2)ccc1OC(=O)c1ccc(OCCCCCCO)cc1. The van der Waals surface area contributed by atoms with Gasteiger partial charge in [-0.25, -0.2) is 9.59 Å². The highest BCUT2D eigenvalue weighted by Gasteiger charge is 2.16. The van der Waals surface area contributed by atoms with E-state index in [2.05, 4.69) is 44.2 Å². The first-order valence-electron chi connectivity index (χ1n) is 19.3. The largest absolute Gasteiger partial charge is 0.494 e. The van der Waals surface area contributed by atoms with Crippen LogP contribution in [0.2, 0.25) is 0 Å². The monoisotopic (exact) mass is 744 g/mol. The molecule has 0 amide bonds. The molecule has 0 aliphatic rings. The molecule has 5 rings (SSSR count). The van der Waals surface area contributed by atoms with E-state index in [1.165, 1.54) is 0 Å². The molecule has 0 aliphatic heterocycles. The summed E-state index contributed by atoms with van der Waals surface area (Å²) < 4.78 is 23.0. The fourth-order valence-electron chi connectivity index (χ4n) is 6.06. The maximum Gasteiger partial charge on any atom is 0.343 e. The molecule has 0 aromatic heterocycles. The summed E-state index contributed by atoms with van der Waals surface area (Å²) in [4.78, 5) is 25.8. The summed E-state index contributed by atoms with van der Waals surface area (Å²) in [5.74, 6) is 1.66. The quantitative estimate of drug-likeness (QED) is 0.0434. The lowest BCUT2D eigenvalue weighted by Gasteiger charge is -2.15. The van der Waals surface area contributed by atoms with Gasteiger partial charge in [0.1, 0.15) is 23.0 Å². The predicted octanol–water partition coefficient (Wildman–Crippen LogP) is 10.4. The van der Waals surface area contributed by atoms with E-state index in [1.807, 2.05) is 24.3 Å². The molecule has 0 unspecified atom stereocenters. The maximum atomic E-state index is 13.1. The molecule has 0 radical (unpaired) electrons. The minimum Gasteiger partial charge on any atom is -0.494 e. The van der Waals surface area contributed by atoms with Crippen molar-refractivity contribution in [2.24, 2.45) is 0 Å². The molecule has 5 aromatic carbocycles. The third-order valence-corrected chi connectivity index (χ3v) is 9.27. The molecule has 0 aliphatic carbocycles. The number of benzene rings is 5. The molecule has 8 nitrogen and oxygen atoms in total. The lowest BCUT2D eigenvalue weighted by molar-refractivity contribution is 0.0724. The number of aliphatic hydroxyl groups is 2. The maximum absolute atomic E-state index is 13.1. The molecule has 0 bridgehead atoms. The lowest BCUT2D eigenvalue weighted by Crippen LogP contribution is -2.10. The number of unbranched alkanes of at least 4 members (excludes halogenated alkanes) is 6. The van der Waals surface area contributed by atoms with Gasteiger partial charge in [-0.2, -0.15) is 0 Å². The van der Waals surface area contributed by atoms with Crippen LogP contribution < -0.4 is 18.9 Å². The smallest absolute Gasteiger partial charge is 0.343 e. The van der Waals surface area contributed by atoms with Crippen LogP contribution in [0.3, 0.4) is 0 Å². The number of rotatable bonds is 21. The van der Waals surface area contributed by atoms with Crippen LogP contribution >= 0.6 is 0 Å². The summed E-state index contributed by atoms with van der Waals surface area (Å²) in [5.41, 5.74) is 5.89. The molecule has 0 saturated heterocycles. The highest BCUT2D eigenvalue weighted by atomic mass is 16.5. The number of aliphatic hydroxyl groups excluding tert-OH is 2. The molecule has 288 valence electrons. The van der Waals surface area contributed by atoms with Crippen molar-refractivity contribution in [1.29, 1.82) is 0 Å². The third kappa shape index (κ3) is 12.6. The van der Waals surface area contributed by atoms with E-state index in [1.54, 1.807) is 60.7 Å². The number of carbonyl (C=O) groups excluding carboxylic acids is 2. The van der Waals surface area contributed by atoms with E-state index in [-0.39, 0.29) is 19.1 Å². The first kappa shape index (κ1) is 40.7. The van der Waals surface area contributed by atoms with Crippen LogP contribution in [0.1, 0.15) is 97.4 Å². The lowest BCUT2D eigenvalue weighted by atomic mass is 9.95. The predicted molar refractivity (Wildman–Crippen MR) is 216 cm³/mol. The fourth-order valence-corrected chi connectivity index (χ4v) is 6.06. The second-order valence-electron chi connectivity index (χ2n) is 13.8. The Bertz CT molecular complexity index is 1910. The topological polar surface area (TPSA) is 112 Å². The van der Waals surface area contributed by atoms with Gasteiger partial charge in [0.2, 0.25) is 0 Å². The fraction of sp³-hybridized carbons (Fsp3) is 0.319. The first-order valence-corrected chi connectivity index (χ1v) is 19.3. The number of carbonyl (C=O) groups is 2. The summed E-state index contributed by atoms with van der Waals surface area (Å²) in [7, 11) is 0. The Morgan fingerprint density at radius 1 is 0.473 bits per heavy atom. The van der Waals surface area contributed by atoms with Gasteiger partial charge in [0.25, 0.3) is 0 Å². The Balaban J connectivity index is 1.14. The van der Waals surface area contributed by atoms with Gasteiger partial charge in [-0.05, 0) is 145 Å². The van der Waals surface area contributed by atoms with Crippen LogP contribution in [0.5, 0.6) is 23.0 Å². The Morgan fingerprint density at radius 2 is 0.873 bits per heavy atom. The third-order valence-electron chi connectivity index (χ3n) is 9.27. The van der Waals surface area contributed by atoms with E-state index >= 15 is 0 Å². The van der Waals surface area contributed by atoms with Crippen molar-refractivity contribution >= 4 is 11.9 Å². The van der Waals surface area contributed by atoms with Crippen LogP contribution in [0, 0.1) is 0 Å². The summed E-state index contributed by atoms with van der Waals surface area (Å²) in [6.07, 6.45) is 7.45. The van der Waals surface area contributed by atoms with Gasteiger partial charge in [0, 0.05) is 13.2 Å². The minimum atomic E-state index is -0.438. The summed E-state index contributed by atoms with van der Waals surface area (Å²) >= 11 is 0. The van der Waals surface area contributed by atoms with Gasteiger partial charge in [0.05, 0.1) is 24.3 Å². The van der Waals surface area contributed by atoms with Crippen molar-refractivity contribution in [3.63, 3.8) is 0 Å². The van der Waals surface area contributed by atoms with Crippen LogP contribution in [-0.2, 0) is 0 Å². The van der Waals surface area contributed by atoms with Crippen molar-refractivity contribution < 1.29 is 38.7 Å². The number of hydrogen-bond donors (Lipinski definition) is 2. The molecule has 8 heteroatoms. The minimum absolute atomic E-state index is 0.125. The highest BCUT2D eigenvalue weighted by molar-refractivity contribution is 5.92. The first-order chi connectivity index (χ1) is 26.8. The van der Waals surface area contributed by atoms with Crippen LogP contribution in [0.4, 0.5) is 0 Å². The number of esters is 2. The molecular formula is C47H52O8. The molecule has 0 spiro atoms. The van der Waals surface area contributed by atoms with Gasteiger partial charge in [-0.1, -0.05) is 69.2 Å². The summed E-state index contributed by atoms with van der Waals surface area (Å²) in [6.45, 7) is 5.79. The van der Waals surface area contributed by atoms with Crippen molar-refractivity contribution in [3.05, 3.63) is 132 Å². The second-order valence-corrected chi connectivity index (χ2v) is 13.8. The Morgan fingerprint density at radius 3 is 1.35 bits per heavy atom. The zero-order valence-electron chi connectivity index (χ0n) is 31.9. The Hall–Kier alpha value is -5.44. The summed E-state index contributed by atoms with van der Waals surface area (Å²) in [5, 5.41) is 17.8. The van der Waals surface area contributed by atoms with Crippen LogP contribution in [0.25, 0.3) is 22.3 Å². The van der Waals surface area contributed by atoms with Gasteiger partial charge >= 0.3 is 11.9 Å². The second kappa shape index (κ2) is 21.4. The zero-order valence-corrected chi connectivity index (χ0v) is 31.9. The van der Waals surface area contributed by atoms with Gasteiger partial charge in [0.15, 0.2) is 0 Å². The average molecular weight is 745 g/mol. The standard InChI is InChI=1S/C47H52O8/c1-34(2)44-33-40(21-28-45(44)55-47(51)39-19-24-42(25-20-39)53-32-10-6-4-8-30-49)37-13-11-35(12-14-37)36-15-26-43(27-16-36)54-46(50)38-17-22-41(23-18-38)52-31-9-5-3-7-29-48/h11-28,33-34,48-49H,3-10,29-32H2,1-2H3. The Labute approximate surface area is 324 Å². The van der Waals surface area contributed by atoms with Crippen molar-refractivity contribution in [3.8, 4) is 45.3 Å². The van der Waals surface area contributed by atoms with Crippen molar-refractivity contribution in [2.45, 2.75) is 71.1 Å². The van der Waals surface area contributed by atoms with E-state index in [9.17, 15) is 9.59 Å². The van der Waals surface area contributed by atoms with Crippen molar-refractivity contribution in [1.82, 2.24) is 0 Å². The number of ether oxygens (including phenoxy) is 4. The molecular weight excluding hydrogens is 693 g/mol. The van der Waals surface area contributed by atoms with E-state index < -0.39 is 11.9 Å². The van der Waals surface area contributed by atoms with Gasteiger partial charge < -0.3 is 29.2 Å². The highest BCUT2D eigenvalue weighted by Crippen LogP contribution is 2.34. The molecule has 0 atom stereocenters. The van der Waals surface area contributed by atoms with Gasteiger partial charge in [-0.15, -0.1) is 0 Å². The van der Waals surface area contributed by atoms with E-state index in [4.69, 9.17) is 29.2 Å². The molecule has 55 heavy (non-hydrogen) atoms.